The zero-order chi connectivity index (χ0) is 24.9. The van der Waals surface area contributed by atoms with Crippen molar-refractivity contribution in [2.45, 2.75) is 33.0 Å². The SMILES string of the molecule is C=C(C#N)CN(C(=O)OC(C)(C)C)c1c(COC)ccc2ccc(-c3ccnc(C=O)n3)cc12. The molecule has 174 valence electrons. The zero-order valence-electron chi connectivity index (χ0n) is 19.7. The molecule has 3 aromatic rings. The van der Waals surface area contributed by atoms with Gasteiger partial charge in [-0.15, -0.1) is 0 Å². The van der Waals surface area contributed by atoms with E-state index in [4.69, 9.17) is 9.47 Å². The number of amides is 1. The number of rotatable bonds is 7. The number of aldehydes is 1. The third kappa shape index (κ3) is 5.63. The quantitative estimate of drug-likeness (QED) is 0.359. The van der Waals surface area contributed by atoms with Gasteiger partial charge in [0, 0.05) is 35.4 Å². The summed E-state index contributed by atoms with van der Waals surface area (Å²) in [6.45, 7) is 9.28. The van der Waals surface area contributed by atoms with Gasteiger partial charge in [0.15, 0.2) is 12.1 Å². The normalized spacial score (nSPS) is 11.0. The van der Waals surface area contributed by atoms with E-state index in [-0.39, 0.29) is 24.5 Å². The summed E-state index contributed by atoms with van der Waals surface area (Å²) in [5.74, 6) is 0.0756. The van der Waals surface area contributed by atoms with Gasteiger partial charge in [-0.3, -0.25) is 9.69 Å². The molecule has 1 aromatic heterocycles. The van der Waals surface area contributed by atoms with E-state index in [0.717, 1.165) is 21.9 Å². The number of aromatic nitrogens is 2. The Bertz CT molecular complexity index is 1290. The summed E-state index contributed by atoms with van der Waals surface area (Å²) in [4.78, 5) is 34.1. The van der Waals surface area contributed by atoms with E-state index in [1.54, 1.807) is 33.9 Å². The second-order valence-corrected chi connectivity index (χ2v) is 8.64. The van der Waals surface area contributed by atoms with E-state index in [2.05, 4.69) is 16.5 Å². The van der Waals surface area contributed by atoms with Crippen LogP contribution in [0.2, 0.25) is 0 Å². The Morgan fingerprint density at radius 3 is 2.62 bits per heavy atom. The number of methoxy groups -OCH3 is 1. The number of carbonyl (C=O) groups excluding carboxylic acids is 2. The second kappa shape index (κ2) is 10.2. The van der Waals surface area contributed by atoms with Gasteiger partial charge in [-0.05, 0) is 38.3 Å². The van der Waals surface area contributed by atoms with E-state index in [1.165, 1.54) is 11.1 Å². The van der Waals surface area contributed by atoms with E-state index in [0.29, 0.717) is 17.7 Å². The number of nitrogens with zero attached hydrogens (tertiary/aromatic N) is 4. The van der Waals surface area contributed by atoms with Crippen LogP contribution in [0.3, 0.4) is 0 Å². The van der Waals surface area contributed by atoms with Crippen molar-refractivity contribution in [2.24, 2.45) is 0 Å². The van der Waals surface area contributed by atoms with Gasteiger partial charge in [0.1, 0.15) is 5.60 Å². The Morgan fingerprint density at radius 1 is 1.24 bits per heavy atom. The summed E-state index contributed by atoms with van der Waals surface area (Å²) < 4.78 is 11.1. The summed E-state index contributed by atoms with van der Waals surface area (Å²) in [7, 11) is 1.57. The maximum Gasteiger partial charge on any atom is 0.415 e. The monoisotopic (exact) mass is 458 g/mol. The fourth-order valence-corrected chi connectivity index (χ4v) is 3.47. The first-order valence-corrected chi connectivity index (χ1v) is 10.6. The average Bonchev–Trinajstić information content (AvgIpc) is 2.81. The van der Waals surface area contributed by atoms with Crippen molar-refractivity contribution in [3.8, 4) is 17.3 Å². The van der Waals surface area contributed by atoms with Gasteiger partial charge >= 0.3 is 6.09 Å². The molecule has 34 heavy (non-hydrogen) atoms. The minimum atomic E-state index is -0.743. The Morgan fingerprint density at radius 2 is 1.97 bits per heavy atom. The van der Waals surface area contributed by atoms with Gasteiger partial charge in [0.25, 0.3) is 0 Å². The molecule has 0 atom stereocenters. The third-order valence-electron chi connectivity index (χ3n) is 4.84. The van der Waals surface area contributed by atoms with Crippen molar-refractivity contribution < 1.29 is 19.1 Å². The van der Waals surface area contributed by atoms with Crippen molar-refractivity contribution in [1.29, 1.82) is 5.26 Å². The lowest BCUT2D eigenvalue weighted by Gasteiger charge is -2.29. The highest BCUT2D eigenvalue weighted by atomic mass is 16.6. The molecule has 0 radical (unpaired) electrons. The van der Waals surface area contributed by atoms with E-state index >= 15 is 0 Å². The first-order chi connectivity index (χ1) is 16.2. The predicted octanol–water partition coefficient (Wildman–Crippen LogP) is 5.08. The maximum atomic E-state index is 13.3. The number of anilines is 1. The molecule has 8 nitrogen and oxygen atoms in total. The molecule has 8 heteroatoms. The smallest absolute Gasteiger partial charge is 0.415 e. The Balaban J connectivity index is 2.27. The molecule has 0 fully saturated rings. The lowest BCUT2D eigenvalue weighted by molar-refractivity contribution is 0.0583. The van der Waals surface area contributed by atoms with Crippen molar-refractivity contribution in [3.63, 3.8) is 0 Å². The molecular weight excluding hydrogens is 432 g/mol. The van der Waals surface area contributed by atoms with Crippen LogP contribution in [0.25, 0.3) is 22.0 Å². The third-order valence-corrected chi connectivity index (χ3v) is 4.84. The molecule has 0 aliphatic rings. The molecule has 0 saturated carbocycles. The van der Waals surface area contributed by atoms with Crippen LogP contribution in [0.15, 0.2) is 54.7 Å². The van der Waals surface area contributed by atoms with Crippen molar-refractivity contribution in [1.82, 2.24) is 9.97 Å². The van der Waals surface area contributed by atoms with Crippen LogP contribution in [0.1, 0.15) is 37.0 Å². The predicted molar refractivity (Wildman–Crippen MR) is 129 cm³/mol. The largest absolute Gasteiger partial charge is 0.443 e. The number of ether oxygens (including phenoxy) is 2. The van der Waals surface area contributed by atoms with Crippen LogP contribution >= 0.6 is 0 Å². The molecule has 1 heterocycles. The van der Waals surface area contributed by atoms with E-state index in [1.807, 2.05) is 36.4 Å². The summed E-state index contributed by atoms with van der Waals surface area (Å²) in [6.07, 6.45) is 1.50. The Kier molecular flexibility index (Phi) is 7.39. The number of hydrogen-bond acceptors (Lipinski definition) is 7. The van der Waals surface area contributed by atoms with Crippen molar-refractivity contribution in [3.05, 3.63) is 66.1 Å². The fraction of sp³-hybridized carbons (Fsp3) is 0.269. The Hall–Kier alpha value is -4.09. The van der Waals surface area contributed by atoms with Gasteiger partial charge in [0.05, 0.1) is 30.6 Å². The zero-order valence-corrected chi connectivity index (χ0v) is 19.7. The van der Waals surface area contributed by atoms with Crippen molar-refractivity contribution in [2.75, 3.05) is 18.6 Å². The van der Waals surface area contributed by atoms with E-state index in [9.17, 15) is 14.9 Å². The van der Waals surface area contributed by atoms with Gasteiger partial charge in [-0.25, -0.2) is 14.8 Å². The van der Waals surface area contributed by atoms with Gasteiger partial charge in [0.2, 0.25) is 0 Å². The van der Waals surface area contributed by atoms with Gasteiger partial charge < -0.3 is 9.47 Å². The first kappa shape index (κ1) is 24.6. The number of hydrogen-bond donors (Lipinski definition) is 0. The summed E-state index contributed by atoms with van der Waals surface area (Å²) >= 11 is 0. The number of carbonyl (C=O) groups is 2. The number of fused-ring (bicyclic) bond motifs is 1. The van der Waals surface area contributed by atoms with Crippen LogP contribution in [-0.2, 0) is 16.1 Å². The van der Waals surface area contributed by atoms with Crippen LogP contribution in [0.5, 0.6) is 0 Å². The summed E-state index contributed by atoms with van der Waals surface area (Å²) in [5, 5.41) is 11.0. The molecule has 0 aliphatic carbocycles. The summed E-state index contributed by atoms with van der Waals surface area (Å²) in [6, 6.07) is 13.2. The highest BCUT2D eigenvalue weighted by molar-refractivity contribution is 6.04. The molecular formula is C26H26N4O4. The molecule has 0 N–H and O–H groups in total. The molecule has 0 aliphatic heterocycles. The number of benzene rings is 2. The van der Waals surface area contributed by atoms with Gasteiger partial charge in [-0.2, -0.15) is 5.26 Å². The molecule has 0 saturated heterocycles. The standard InChI is InChI=1S/C26H26N4O4/c1-17(13-27)14-30(25(32)34-26(2,3)4)24-20(16-33-5)9-7-18-6-8-19(12-21(18)24)22-10-11-28-23(15-31)29-22/h6-12,15H,1,14,16H2,2-5H3. The highest BCUT2D eigenvalue weighted by Crippen LogP contribution is 2.35. The molecule has 1 amide bonds. The highest BCUT2D eigenvalue weighted by Gasteiger charge is 2.27. The topological polar surface area (TPSA) is 105 Å². The molecule has 0 spiro atoms. The second-order valence-electron chi connectivity index (χ2n) is 8.64. The molecule has 2 aromatic carbocycles. The Labute approximate surface area is 198 Å². The fourth-order valence-electron chi connectivity index (χ4n) is 3.47. The average molecular weight is 459 g/mol. The molecule has 3 rings (SSSR count). The lowest BCUT2D eigenvalue weighted by atomic mass is 9.99. The van der Waals surface area contributed by atoms with Crippen molar-refractivity contribution >= 4 is 28.8 Å². The maximum absolute atomic E-state index is 13.3. The molecule has 0 unspecified atom stereocenters. The van der Waals surface area contributed by atoms with Crippen LogP contribution < -0.4 is 4.90 Å². The van der Waals surface area contributed by atoms with Crippen LogP contribution in [-0.4, -0.2) is 41.6 Å². The summed E-state index contributed by atoms with van der Waals surface area (Å²) in [5.41, 5.74) is 2.04. The minimum Gasteiger partial charge on any atom is -0.443 e. The van der Waals surface area contributed by atoms with Gasteiger partial charge in [-0.1, -0.05) is 30.8 Å². The van der Waals surface area contributed by atoms with E-state index < -0.39 is 11.7 Å². The molecule has 0 bridgehead atoms. The first-order valence-electron chi connectivity index (χ1n) is 10.6. The lowest BCUT2D eigenvalue weighted by Crippen LogP contribution is -2.38. The van der Waals surface area contributed by atoms with Crippen LogP contribution in [0, 0.1) is 11.3 Å². The van der Waals surface area contributed by atoms with Crippen LogP contribution in [0.4, 0.5) is 10.5 Å². The minimum absolute atomic E-state index is 0.0474. The number of nitriles is 1.